The minimum Gasteiger partial charge on any atom is -0.480 e. The highest BCUT2D eigenvalue weighted by Gasteiger charge is 2.21. The van der Waals surface area contributed by atoms with Crippen molar-refractivity contribution < 1.29 is 19.5 Å². The molecular weight excluding hydrogens is 262 g/mol. The maximum Gasteiger partial charge on any atom is 0.326 e. The van der Waals surface area contributed by atoms with Gasteiger partial charge in [-0.05, 0) is 26.2 Å². The van der Waals surface area contributed by atoms with Crippen molar-refractivity contribution in [2.45, 2.75) is 40.2 Å². The number of carbonyl (C=O) groups excluding carboxylic acids is 2. The molecule has 7 heteroatoms. The van der Waals surface area contributed by atoms with E-state index in [9.17, 15) is 14.4 Å². The lowest BCUT2D eigenvalue weighted by Gasteiger charge is -2.20. The van der Waals surface area contributed by atoms with E-state index in [4.69, 9.17) is 5.11 Å². The Morgan fingerprint density at radius 2 is 1.70 bits per heavy atom. The fourth-order valence-corrected chi connectivity index (χ4v) is 1.75. The van der Waals surface area contributed by atoms with Crippen LogP contribution in [0.3, 0.4) is 0 Å². The fraction of sp³-hybridized carbons (Fsp3) is 0.769. The summed E-state index contributed by atoms with van der Waals surface area (Å²) in [7, 11) is 0. The van der Waals surface area contributed by atoms with Crippen molar-refractivity contribution in [2.75, 3.05) is 19.6 Å². The monoisotopic (exact) mass is 287 g/mol. The number of carboxylic acid groups (broad SMARTS) is 1. The minimum atomic E-state index is -1.08. The normalized spacial score (nSPS) is 11.8. The van der Waals surface area contributed by atoms with Gasteiger partial charge in [0.1, 0.15) is 6.04 Å². The molecule has 116 valence electrons. The van der Waals surface area contributed by atoms with Crippen molar-refractivity contribution >= 4 is 17.9 Å². The number of hydrogen-bond donors (Lipinski definition) is 3. The molecule has 1 unspecified atom stereocenters. The highest BCUT2D eigenvalue weighted by molar-refractivity contribution is 5.86. The van der Waals surface area contributed by atoms with Gasteiger partial charge in [-0.1, -0.05) is 13.8 Å². The molecule has 0 fully saturated rings. The molecule has 0 aromatic carbocycles. The van der Waals surface area contributed by atoms with Gasteiger partial charge in [0.25, 0.3) is 0 Å². The van der Waals surface area contributed by atoms with E-state index in [-0.39, 0.29) is 18.4 Å². The Balaban J connectivity index is 4.27. The number of urea groups is 1. The summed E-state index contributed by atoms with van der Waals surface area (Å²) >= 11 is 0. The molecule has 0 spiro atoms. The van der Waals surface area contributed by atoms with Crippen LogP contribution in [0.5, 0.6) is 0 Å². The van der Waals surface area contributed by atoms with Crippen LogP contribution in [0.2, 0.25) is 0 Å². The van der Waals surface area contributed by atoms with Crippen LogP contribution >= 0.6 is 0 Å². The molecule has 0 aliphatic heterocycles. The predicted octanol–water partition coefficient (Wildman–Crippen LogP) is 0.653. The molecule has 0 saturated carbocycles. The van der Waals surface area contributed by atoms with Crippen molar-refractivity contribution in [2.24, 2.45) is 5.92 Å². The average molecular weight is 287 g/mol. The minimum absolute atomic E-state index is 0.137. The first-order chi connectivity index (χ1) is 9.31. The van der Waals surface area contributed by atoms with Crippen LogP contribution in [0.1, 0.15) is 34.1 Å². The Morgan fingerprint density at radius 1 is 1.15 bits per heavy atom. The molecule has 7 nitrogen and oxygen atoms in total. The third kappa shape index (κ3) is 6.96. The Hall–Kier alpha value is -1.79. The van der Waals surface area contributed by atoms with Crippen LogP contribution < -0.4 is 10.6 Å². The van der Waals surface area contributed by atoms with Gasteiger partial charge >= 0.3 is 12.0 Å². The zero-order chi connectivity index (χ0) is 15.7. The molecule has 0 bridgehead atoms. The number of rotatable bonds is 8. The second-order valence-electron chi connectivity index (χ2n) is 4.91. The van der Waals surface area contributed by atoms with E-state index in [0.717, 1.165) is 0 Å². The summed E-state index contributed by atoms with van der Waals surface area (Å²) in [6.07, 6.45) is 0.340. The number of likely N-dealkylation sites (N-methyl/N-ethyl adjacent to an activating group) is 1. The van der Waals surface area contributed by atoms with E-state index < -0.39 is 18.0 Å². The molecule has 0 aliphatic carbocycles. The van der Waals surface area contributed by atoms with Gasteiger partial charge in [0.2, 0.25) is 5.91 Å². The SMILES string of the molecule is CCN(CC)C(=O)CNC(=O)NC(CC(C)C)C(=O)O. The van der Waals surface area contributed by atoms with Crippen molar-refractivity contribution in [1.29, 1.82) is 0 Å². The second-order valence-corrected chi connectivity index (χ2v) is 4.91. The summed E-state index contributed by atoms with van der Waals surface area (Å²) in [5.74, 6) is -1.13. The topological polar surface area (TPSA) is 98.7 Å². The van der Waals surface area contributed by atoms with Crippen molar-refractivity contribution in [3.63, 3.8) is 0 Å². The molecule has 0 radical (unpaired) electrons. The van der Waals surface area contributed by atoms with Crippen molar-refractivity contribution in [3.05, 3.63) is 0 Å². The maximum atomic E-state index is 11.7. The van der Waals surface area contributed by atoms with E-state index >= 15 is 0 Å². The lowest BCUT2D eigenvalue weighted by Crippen LogP contribution is -2.49. The number of amides is 3. The molecule has 1 atom stereocenters. The molecule has 0 heterocycles. The van der Waals surface area contributed by atoms with Crippen LogP contribution in [0, 0.1) is 5.92 Å². The number of hydrogen-bond acceptors (Lipinski definition) is 3. The lowest BCUT2D eigenvalue weighted by atomic mass is 10.0. The summed E-state index contributed by atoms with van der Waals surface area (Å²) < 4.78 is 0. The van der Waals surface area contributed by atoms with Gasteiger partial charge in [-0.2, -0.15) is 0 Å². The lowest BCUT2D eigenvalue weighted by molar-refractivity contribution is -0.139. The molecule has 3 amide bonds. The molecule has 0 aromatic heterocycles. The highest BCUT2D eigenvalue weighted by Crippen LogP contribution is 2.04. The van der Waals surface area contributed by atoms with Gasteiger partial charge in [-0.3, -0.25) is 4.79 Å². The van der Waals surface area contributed by atoms with Crippen LogP contribution in [0.15, 0.2) is 0 Å². The van der Waals surface area contributed by atoms with Gasteiger partial charge in [-0.15, -0.1) is 0 Å². The smallest absolute Gasteiger partial charge is 0.326 e. The first-order valence-corrected chi connectivity index (χ1v) is 6.86. The number of carboxylic acids is 1. The Bertz CT molecular complexity index is 341. The van der Waals surface area contributed by atoms with Gasteiger partial charge in [-0.25, -0.2) is 9.59 Å². The van der Waals surface area contributed by atoms with Gasteiger partial charge in [0.15, 0.2) is 0 Å². The van der Waals surface area contributed by atoms with Crippen LogP contribution in [0.25, 0.3) is 0 Å². The summed E-state index contributed by atoms with van der Waals surface area (Å²) in [6, 6.07) is -1.59. The second kappa shape index (κ2) is 9.17. The van der Waals surface area contributed by atoms with E-state index in [0.29, 0.717) is 19.5 Å². The van der Waals surface area contributed by atoms with Crippen molar-refractivity contribution in [1.82, 2.24) is 15.5 Å². The average Bonchev–Trinajstić information content (AvgIpc) is 2.36. The Kier molecular flexibility index (Phi) is 8.35. The zero-order valence-corrected chi connectivity index (χ0v) is 12.6. The van der Waals surface area contributed by atoms with Gasteiger partial charge < -0.3 is 20.6 Å². The Morgan fingerprint density at radius 3 is 2.10 bits per heavy atom. The van der Waals surface area contributed by atoms with Crippen LogP contribution in [0.4, 0.5) is 4.79 Å². The third-order valence-electron chi connectivity index (χ3n) is 2.83. The van der Waals surface area contributed by atoms with E-state index in [2.05, 4.69) is 10.6 Å². The van der Waals surface area contributed by atoms with Crippen LogP contribution in [-0.2, 0) is 9.59 Å². The van der Waals surface area contributed by atoms with Gasteiger partial charge in [0, 0.05) is 13.1 Å². The van der Waals surface area contributed by atoms with Crippen LogP contribution in [-0.4, -0.2) is 53.6 Å². The molecule has 3 N–H and O–H groups in total. The van der Waals surface area contributed by atoms with Crippen molar-refractivity contribution in [3.8, 4) is 0 Å². The largest absolute Gasteiger partial charge is 0.480 e. The quantitative estimate of drug-likeness (QED) is 0.610. The molecule has 0 saturated heterocycles. The molecule has 0 rings (SSSR count). The van der Waals surface area contributed by atoms with E-state index in [1.54, 1.807) is 4.90 Å². The predicted molar refractivity (Wildman–Crippen MR) is 75.3 cm³/mol. The number of carbonyl (C=O) groups is 3. The molecular formula is C13H25N3O4. The summed E-state index contributed by atoms with van der Waals surface area (Å²) in [5, 5.41) is 13.7. The molecule has 0 aliphatic rings. The summed E-state index contributed by atoms with van der Waals surface area (Å²) in [6.45, 7) is 8.46. The highest BCUT2D eigenvalue weighted by atomic mass is 16.4. The molecule has 20 heavy (non-hydrogen) atoms. The molecule has 0 aromatic rings. The first-order valence-electron chi connectivity index (χ1n) is 6.86. The maximum absolute atomic E-state index is 11.7. The number of nitrogens with zero attached hydrogens (tertiary/aromatic N) is 1. The number of aliphatic carboxylic acids is 1. The fourth-order valence-electron chi connectivity index (χ4n) is 1.75. The van der Waals surface area contributed by atoms with E-state index in [1.165, 1.54) is 0 Å². The Labute approximate surface area is 119 Å². The zero-order valence-electron chi connectivity index (χ0n) is 12.6. The summed E-state index contributed by atoms with van der Waals surface area (Å²) in [4.78, 5) is 35.8. The summed E-state index contributed by atoms with van der Waals surface area (Å²) in [5.41, 5.74) is 0. The number of nitrogens with one attached hydrogen (secondary N) is 2. The van der Waals surface area contributed by atoms with Gasteiger partial charge in [0.05, 0.1) is 6.54 Å². The first kappa shape index (κ1) is 18.2. The van der Waals surface area contributed by atoms with E-state index in [1.807, 2.05) is 27.7 Å². The standard InChI is InChI=1S/C13H25N3O4/c1-5-16(6-2)11(17)8-14-13(20)15-10(12(18)19)7-9(3)4/h9-10H,5-8H2,1-4H3,(H,18,19)(H2,14,15,20). The third-order valence-corrected chi connectivity index (χ3v) is 2.83.